The van der Waals surface area contributed by atoms with Crippen molar-refractivity contribution >= 4 is 60.8 Å². The molecule has 8 rings (SSSR count). The monoisotopic (exact) mass is 700 g/mol. The number of aryl methyl sites for hydroxylation is 2. The summed E-state index contributed by atoms with van der Waals surface area (Å²) in [5.41, 5.74) is 12.2. The van der Waals surface area contributed by atoms with Crippen LogP contribution in [0.3, 0.4) is 0 Å². The predicted octanol–water partition coefficient (Wildman–Crippen LogP) is 13.9. The number of nitriles is 2. The molecule has 4 heteroatoms. The van der Waals surface area contributed by atoms with Gasteiger partial charge in [0.05, 0.1) is 35.0 Å². The highest BCUT2D eigenvalue weighted by Crippen LogP contribution is 2.51. The van der Waals surface area contributed by atoms with Crippen LogP contribution in [0.2, 0.25) is 0 Å². The van der Waals surface area contributed by atoms with E-state index >= 15 is 0 Å². The zero-order valence-electron chi connectivity index (χ0n) is 31.9. The highest BCUT2D eigenvalue weighted by molar-refractivity contribution is 6.29. The van der Waals surface area contributed by atoms with Crippen molar-refractivity contribution in [3.05, 3.63) is 161 Å². The van der Waals surface area contributed by atoms with Crippen LogP contribution in [0.15, 0.2) is 133 Å². The highest BCUT2D eigenvalue weighted by Gasteiger charge is 2.27. The van der Waals surface area contributed by atoms with Crippen LogP contribution in [0.25, 0.3) is 32.3 Å². The third-order valence-corrected chi connectivity index (χ3v) is 11.1. The number of hydrogen-bond acceptors (Lipinski definition) is 4. The van der Waals surface area contributed by atoms with Gasteiger partial charge in [0.2, 0.25) is 0 Å². The van der Waals surface area contributed by atoms with Gasteiger partial charge in [0.1, 0.15) is 0 Å². The molecule has 54 heavy (non-hydrogen) atoms. The van der Waals surface area contributed by atoms with Crippen molar-refractivity contribution in [3.63, 3.8) is 0 Å². The molecule has 264 valence electrons. The van der Waals surface area contributed by atoms with Gasteiger partial charge in [-0.05, 0) is 131 Å². The number of allylic oxidation sites excluding steroid dienone is 3. The van der Waals surface area contributed by atoms with Crippen LogP contribution >= 0.6 is 0 Å². The maximum atomic E-state index is 9.74. The van der Waals surface area contributed by atoms with Crippen LogP contribution < -0.4 is 9.80 Å². The van der Waals surface area contributed by atoms with Gasteiger partial charge in [-0.2, -0.15) is 10.5 Å². The van der Waals surface area contributed by atoms with E-state index in [9.17, 15) is 10.5 Å². The van der Waals surface area contributed by atoms with Crippen LogP contribution in [0, 0.1) is 42.4 Å². The standard InChI is InChI=1S/C50H44N4/c1-31(2)43-27-47(53(45-13-9-7-11-33(45)5)37-19-15-35(29-51)16-20-37)41-26-24-40-44(32(3)4)28-48(42-25-23-39(43)49(41)50(40)42)54(46-14-10-8-12-34(46)6)38-21-17-36(30-52)18-22-38/h7-17,19-28,31-32,36H,18H2,1-6H3. The second-order valence-electron chi connectivity index (χ2n) is 15.2. The summed E-state index contributed by atoms with van der Waals surface area (Å²) in [7, 11) is 0. The van der Waals surface area contributed by atoms with Gasteiger partial charge in [0.15, 0.2) is 0 Å². The first kappa shape index (κ1) is 34.7. The number of benzene rings is 7. The average molecular weight is 701 g/mol. The first-order valence-corrected chi connectivity index (χ1v) is 19.0. The quantitative estimate of drug-likeness (QED) is 0.148. The van der Waals surface area contributed by atoms with Crippen molar-refractivity contribution in [1.29, 1.82) is 10.5 Å². The summed E-state index contributed by atoms with van der Waals surface area (Å²) < 4.78 is 0. The lowest BCUT2D eigenvalue weighted by Crippen LogP contribution is -2.19. The van der Waals surface area contributed by atoms with Gasteiger partial charge >= 0.3 is 0 Å². The Morgan fingerprint density at radius 3 is 1.56 bits per heavy atom. The summed E-state index contributed by atoms with van der Waals surface area (Å²) in [4.78, 5) is 4.79. The second kappa shape index (κ2) is 13.9. The molecule has 1 aliphatic carbocycles. The number of para-hydroxylation sites is 2. The molecule has 0 spiro atoms. The fourth-order valence-electron chi connectivity index (χ4n) is 8.33. The van der Waals surface area contributed by atoms with E-state index in [1.54, 1.807) is 0 Å². The zero-order valence-corrected chi connectivity index (χ0v) is 31.9. The maximum absolute atomic E-state index is 9.74. The second-order valence-corrected chi connectivity index (χ2v) is 15.2. The van der Waals surface area contributed by atoms with Crippen molar-refractivity contribution in [1.82, 2.24) is 0 Å². The summed E-state index contributed by atoms with van der Waals surface area (Å²) in [5.74, 6) is 0.420. The van der Waals surface area contributed by atoms with Crippen LogP contribution in [0.5, 0.6) is 0 Å². The van der Waals surface area contributed by atoms with Crippen molar-refractivity contribution in [2.24, 2.45) is 5.92 Å². The van der Waals surface area contributed by atoms with Gasteiger partial charge in [-0.25, -0.2) is 0 Å². The maximum Gasteiger partial charge on any atom is 0.0991 e. The Bertz CT molecular complexity index is 2700. The summed E-state index contributed by atoms with van der Waals surface area (Å²) in [6, 6.07) is 44.0. The molecule has 0 N–H and O–H groups in total. The van der Waals surface area contributed by atoms with E-state index in [0.29, 0.717) is 12.0 Å². The van der Waals surface area contributed by atoms with Crippen molar-refractivity contribution in [3.8, 4) is 12.1 Å². The Hall–Kier alpha value is -6.36. The Labute approximate surface area is 318 Å². The van der Waals surface area contributed by atoms with Crippen LogP contribution in [0.1, 0.15) is 73.8 Å². The molecule has 7 aromatic carbocycles. The third-order valence-electron chi connectivity index (χ3n) is 11.1. The van der Waals surface area contributed by atoms with E-state index < -0.39 is 0 Å². The molecule has 0 saturated carbocycles. The van der Waals surface area contributed by atoms with Gasteiger partial charge < -0.3 is 9.80 Å². The van der Waals surface area contributed by atoms with Crippen molar-refractivity contribution in [2.75, 3.05) is 9.80 Å². The number of rotatable bonds is 8. The molecule has 0 saturated heterocycles. The molecule has 0 radical (unpaired) electrons. The van der Waals surface area contributed by atoms with Gasteiger partial charge in [-0.3, -0.25) is 0 Å². The van der Waals surface area contributed by atoms with Gasteiger partial charge in [-0.15, -0.1) is 0 Å². The van der Waals surface area contributed by atoms with Gasteiger partial charge in [0.25, 0.3) is 0 Å². The number of anilines is 5. The van der Waals surface area contributed by atoms with Crippen LogP contribution in [-0.2, 0) is 0 Å². The summed E-state index contributed by atoms with van der Waals surface area (Å²) >= 11 is 0. The van der Waals surface area contributed by atoms with Gasteiger partial charge in [0, 0.05) is 33.5 Å². The Balaban J connectivity index is 1.51. The average Bonchev–Trinajstić information content (AvgIpc) is 3.19. The molecule has 0 heterocycles. The Morgan fingerprint density at radius 1 is 0.593 bits per heavy atom. The molecule has 0 aromatic heterocycles. The fourth-order valence-corrected chi connectivity index (χ4v) is 8.33. The van der Waals surface area contributed by atoms with Gasteiger partial charge in [-0.1, -0.05) is 101 Å². The SMILES string of the molecule is Cc1ccccc1N(C1=CCC(C#N)C=C1)c1cc(C(C)C)c2ccc3c(N(c4ccc(C#N)cc4)c4ccccc4C)cc(C(C)C)c4ccc1c2c43. The first-order valence-electron chi connectivity index (χ1n) is 19.0. The minimum Gasteiger partial charge on any atom is -0.310 e. The fraction of sp³-hybridized carbons (Fsp3) is 0.200. The molecule has 0 fully saturated rings. The summed E-state index contributed by atoms with van der Waals surface area (Å²) in [6.45, 7) is 13.5. The summed E-state index contributed by atoms with van der Waals surface area (Å²) in [5, 5.41) is 26.9. The normalized spacial score (nSPS) is 14.2. The van der Waals surface area contributed by atoms with E-state index in [4.69, 9.17) is 0 Å². The molecular weight excluding hydrogens is 657 g/mol. The molecule has 1 aliphatic rings. The smallest absolute Gasteiger partial charge is 0.0991 e. The molecule has 0 aliphatic heterocycles. The van der Waals surface area contributed by atoms with E-state index in [1.165, 1.54) is 54.6 Å². The molecule has 0 amide bonds. The number of nitrogens with zero attached hydrogens (tertiary/aromatic N) is 4. The van der Waals surface area contributed by atoms with Crippen molar-refractivity contribution in [2.45, 2.75) is 59.8 Å². The lowest BCUT2D eigenvalue weighted by molar-refractivity contribution is 0.824. The van der Waals surface area contributed by atoms with E-state index in [1.807, 2.05) is 18.2 Å². The minimum atomic E-state index is -0.125. The van der Waals surface area contributed by atoms with E-state index in [-0.39, 0.29) is 17.8 Å². The molecular formula is C50H44N4. The zero-order chi connectivity index (χ0) is 37.7. The lowest BCUT2D eigenvalue weighted by atomic mass is 9.84. The van der Waals surface area contributed by atoms with E-state index in [0.717, 1.165) is 34.1 Å². The van der Waals surface area contributed by atoms with Crippen LogP contribution in [-0.4, -0.2) is 0 Å². The number of hydrogen-bond donors (Lipinski definition) is 0. The highest BCUT2D eigenvalue weighted by atomic mass is 15.2. The Morgan fingerprint density at radius 2 is 1.09 bits per heavy atom. The minimum absolute atomic E-state index is 0.125. The Kier molecular flexibility index (Phi) is 8.93. The largest absolute Gasteiger partial charge is 0.310 e. The molecule has 4 nitrogen and oxygen atoms in total. The predicted molar refractivity (Wildman–Crippen MR) is 227 cm³/mol. The molecule has 0 bridgehead atoms. The first-order chi connectivity index (χ1) is 26.2. The van der Waals surface area contributed by atoms with E-state index in [2.05, 4.69) is 173 Å². The summed E-state index contributed by atoms with van der Waals surface area (Å²) in [6.07, 6.45) is 7.08. The topological polar surface area (TPSA) is 54.1 Å². The lowest BCUT2D eigenvalue weighted by Gasteiger charge is -2.33. The molecule has 7 aromatic rings. The van der Waals surface area contributed by atoms with Crippen molar-refractivity contribution < 1.29 is 0 Å². The molecule has 1 unspecified atom stereocenters. The van der Waals surface area contributed by atoms with Crippen LogP contribution in [0.4, 0.5) is 28.4 Å². The molecule has 1 atom stereocenters. The third kappa shape index (κ3) is 5.76.